The molecule has 0 saturated heterocycles. The predicted molar refractivity (Wildman–Crippen MR) is 85.9 cm³/mol. The van der Waals surface area contributed by atoms with Crippen LogP contribution in [0.25, 0.3) is 16.7 Å². The molecular formula is C14H9BrClFN2S. The average Bonchev–Trinajstić information content (AvgIpc) is 2.66. The molecule has 2 aromatic carbocycles. The summed E-state index contributed by atoms with van der Waals surface area (Å²) in [6, 6.07) is 8.83. The van der Waals surface area contributed by atoms with Crippen molar-refractivity contribution in [1.29, 1.82) is 0 Å². The number of aromatic amines is 1. The molecule has 0 radical (unpaired) electrons. The Hall–Kier alpha value is -1.17. The molecule has 3 rings (SSSR count). The second-order valence-corrected chi connectivity index (χ2v) is 6.15. The van der Waals surface area contributed by atoms with E-state index >= 15 is 0 Å². The van der Waals surface area contributed by atoms with E-state index in [9.17, 15) is 4.39 Å². The van der Waals surface area contributed by atoms with Crippen molar-refractivity contribution in [2.45, 2.75) is 6.92 Å². The number of hydrogen-bond donors (Lipinski definition) is 1. The summed E-state index contributed by atoms with van der Waals surface area (Å²) < 4.78 is 16.9. The first-order chi connectivity index (χ1) is 9.47. The molecule has 0 atom stereocenters. The number of hydrogen-bond acceptors (Lipinski definition) is 1. The summed E-state index contributed by atoms with van der Waals surface area (Å²) in [6.45, 7) is 2.00. The maximum Gasteiger partial charge on any atom is 0.182 e. The van der Waals surface area contributed by atoms with Crippen molar-refractivity contribution in [2.24, 2.45) is 0 Å². The van der Waals surface area contributed by atoms with Gasteiger partial charge in [-0.3, -0.25) is 4.57 Å². The van der Waals surface area contributed by atoms with Gasteiger partial charge in [0, 0.05) is 10.5 Å². The number of aromatic nitrogens is 2. The van der Waals surface area contributed by atoms with Crippen LogP contribution in [0.5, 0.6) is 0 Å². The molecule has 1 N–H and O–H groups in total. The van der Waals surface area contributed by atoms with Crippen molar-refractivity contribution in [1.82, 2.24) is 9.55 Å². The molecule has 6 heteroatoms. The topological polar surface area (TPSA) is 20.7 Å². The third-order valence-corrected chi connectivity index (χ3v) is 4.28. The van der Waals surface area contributed by atoms with Gasteiger partial charge in [0.05, 0.1) is 21.7 Å². The van der Waals surface area contributed by atoms with E-state index in [2.05, 4.69) is 20.9 Å². The molecule has 20 heavy (non-hydrogen) atoms. The Labute approximate surface area is 133 Å². The minimum atomic E-state index is -0.467. The van der Waals surface area contributed by atoms with Crippen molar-refractivity contribution >= 4 is 50.8 Å². The van der Waals surface area contributed by atoms with Gasteiger partial charge in [0.25, 0.3) is 0 Å². The van der Waals surface area contributed by atoms with E-state index < -0.39 is 5.82 Å². The third-order valence-electron chi connectivity index (χ3n) is 3.07. The van der Waals surface area contributed by atoms with E-state index in [-0.39, 0.29) is 5.02 Å². The Morgan fingerprint density at radius 2 is 2.05 bits per heavy atom. The van der Waals surface area contributed by atoms with Crippen LogP contribution in [0.1, 0.15) is 5.56 Å². The molecule has 3 aromatic rings. The minimum Gasteiger partial charge on any atom is -0.330 e. The SMILES string of the molecule is Cc1ccc(-n2c(=S)[nH]c3cc(Cl)c(F)cc32)c(Br)c1. The summed E-state index contributed by atoms with van der Waals surface area (Å²) >= 11 is 14.7. The lowest BCUT2D eigenvalue weighted by Crippen LogP contribution is -1.96. The van der Waals surface area contributed by atoms with Crippen molar-refractivity contribution in [3.63, 3.8) is 0 Å². The smallest absolute Gasteiger partial charge is 0.182 e. The zero-order chi connectivity index (χ0) is 14.4. The van der Waals surface area contributed by atoms with Gasteiger partial charge in [-0.1, -0.05) is 17.7 Å². The highest BCUT2D eigenvalue weighted by Gasteiger charge is 2.12. The molecule has 0 spiro atoms. The van der Waals surface area contributed by atoms with Crippen LogP contribution < -0.4 is 0 Å². The molecule has 0 amide bonds. The van der Waals surface area contributed by atoms with Crippen LogP contribution in [0, 0.1) is 17.5 Å². The molecule has 102 valence electrons. The first kappa shape index (κ1) is 13.8. The highest BCUT2D eigenvalue weighted by atomic mass is 79.9. The van der Waals surface area contributed by atoms with Crippen LogP contribution in [-0.2, 0) is 0 Å². The molecule has 0 aliphatic heterocycles. The van der Waals surface area contributed by atoms with Crippen LogP contribution in [-0.4, -0.2) is 9.55 Å². The van der Waals surface area contributed by atoms with Gasteiger partial charge in [0.1, 0.15) is 5.82 Å². The van der Waals surface area contributed by atoms with Gasteiger partial charge in [-0.15, -0.1) is 0 Å². The Morgan fingerprint density at radius 3 is 2.75 bits per heavy atom. The fourth-order valence-corrected chi connectivity index (χ4v) is 3.28. The molecule has 0 saturated carbocycles. The van der Waals surface area contributed by atoms with Crippen LogP contribution in [0.3, 0.4) is 0 Å². The van der Waals surface area contributed by atoms with Gasteiger partial charge in [-0.25, -0.2) is 4.39 Å². The molecular weight excluding hydrogens is 363 g/mol. The zero-order valence-electron chi connectivity index (χ0n) is 10.4. The maximum atomic E-state index is 13.7. The lowest BCUT2D eigenvalue weighted by molar-refractivity contribution is 0.629. The monoisotopic (exact) mass is 370 g/mol. The molecule has 0 aliphatic rings. The van der Waals surface area contributed by atoms with E-state index in [1.165, 1.54) is 6.07 Å². The van der Waals surface area contributed by atoms with Crippen LogP contribution >= 0.6 is 39.7 Å². The number of nitrogens with zero attached hydrogens (tertiary/aromatic N) is 1. The Kier molecular flexibility index (Phi) is 3.44. The number of halogens is 3. The van der Waals surface area contributed by atoms with Crippen molar-refractivity contribution in [3.8, 4) is 5.69 Å². The molecule has 0 fully saturated rings. The number of benzene rings is 2. The second-order valence-electron chi connectivity index (χ2n) is 4.50. The molecule has 0 aliphatic carbocycles. The van der Waals surface area contributed by atoms with Crippen LogP contribution in [0.2, 0.25) is 5.02 Å². The molecule has 0 bridgehead atoms. The lowest BCUT2D eigenvalue weighted by Gasteiger charge is -2.08. The number of H-pyrrole nitrogens is 1. The fraction of sp³-hybridized carbons (Fsp3) is 0.0714. The average molecular weight is 372 g/mol. The Morgan fingerprint density at radius 1 is 1.30 bits per heavy atom. The number of imidazole rings is 1. The number of fused-ring (bicyclic) bond motifs is 1. The molecule has 0 unspecified atom stereocenters. The van der Waals surface area contributed by atoms with Gasteiger partial charge in [0.2, 0.25) is 0 Å². The highest BCUT2D eigenvalue weighted by molar-refractivity contribution is 9.10. The summed E-state index contributed by atoms with van der Waals surface area (Å²) in [7, 11) is 0. The standard InChI is InChI=1S/C14H9BrClFN2S/c1-7-2-3-12(8(15)4-7)19-13-6-10(17)9(16)5-11(13)18-14(19)20/h2-6H,1H3,(H,18,20). The largest absolute Gasteiger partial charge is 0.330 e. The van der Waals surface area contributed by atoms with Crippen LogP contribution in [0.4, 0.5) is 4.39 Å². The summed E-state index contributed by atoms with van der Waals surface area (Å²) in [5.74, 6) is -0.467. The maximum absolute atomic E-state index is 13.7. The van der Waals surface area contributed by atoms with E-state index in [0.29, 0.717) is 15.8 Å². The van der Waals surface area contributed by atoms with Crippen molar-refractivity contribution in [3.05, 3.63) is 56.0 Å². The van der Waals surface area contributed by atoms with Crippen molar-refractivity contribution in [2.75, 3.05) is 0 Å². The summed E-state index contributed by atoms with van der Waals surface area (Å²) in [5.41, 5.74) is 3.34. The van der Waals surface area contributed by atoms with Gasteiger partial charge >= 0.3 is 0 Å². The second kappa shape index (κ2) is 4.98. The van der Waals surface area contributed by atoms with E-state index in [4.69, 9.17) is 23.8 Å². The predicted octanol–water partition coefficient (Wildman–Crippen LogP) is 5.55. The van der Waals surface area contributed by atoms with Gasteiger partial charge in [-0.05, 0) is 58.8 Å². The van der Waals surface area contributed by atoms with Gasteiger partial charge < -0.3 is 4.98 Å². The Bertz CT molecular complexity index is 885. The fourth-order valence-electron chi connectivity index (χ4n) is 2.13. The van der Waals surface area contributed by atoms with Gasteiger partial charge in [-0.2, -0.15) is 0 Å². The van der Waals surface area contributed by atoms with E-state index in [0.717, 1.165) is 15.7 Å². The first-order valence-electron chi connectivity index (χ1n) is 5.83. The van der Waals surface area contributed by atoms with Crippen molar-refractivity contribution < 1.29 is 4.39 Å². The van der Waals surface area contributed by atoms with E-state index in [1.807, 2.05) is 25.1 Å². The quantitative estimate of drug-likeness (QED) is 0.556. The summed E-state index contributed by atoms with van der Waals surface area (Å²) in [6.07, 6.45) is 0. The molecule has 1 heterocycles. The lowest BCUT2D eigenvalue weighted by atomic mass is 10.2. The highest BCUT2D eigenvalue weighted by Crippen LogP contribution is 2.29. The Balaban J connectivity index is 2.39. The number of rotatable bonds is 1. The normalized spacial score (nSPS) is 11.2. The first-order valence-corrected chi connectivity index (χ1v) is 7.41. The molecule has 2 nitrogen and oxygen atoms in total. The third kappa shape index (κ3) is 2.20. The van der Waals surface area contributed by atoms with E-state index in [1.54, 1.807) is 10.6 Å². The van der Waals surface area contributed by atoms with Crippen LogP contribution in [0.15, 0.2) is 34.8 Å². The van der Waals surface area contributed by atoms with Gasteiger partial charge in [0.15, 0.2) is 4.77 Å². The summed E-state index contributed by atoms with van der Waals surface area (Å²) in [4.78, 5) is 3.04. The minimum absolute atomic E-state index is 0.0730. The molecule has 1 aromatic heterocycles. The number of nitrogens with one attached hydrogen (secondary N) is 1. The summed E-state index contributed by atoms with van der Waals surface area (Å²) in [5, 5.41) is 0.0730. The zero-order valence-corrected chi connectivity index (χ0v) is 13.5. The number of aryl methyl sites for hydroxylation is 1.